The number of nitrogens with one attached hydrogen (secondary N) is 1. The lowest BCUT2D eigenvalue weighted by Gasteiger charge is -2.05. The van der Waals surface area contributed by atoms with E-state index in [1.54, 1.807) is 20.8 Å². The van der Waals surface area contributed by atoms with Gasteiger partial charge in [-0.25, -0.2) is 14.6 Å². The Labute approximate surface area is 216 Å². The Morgan fingerprint density at radius 1 is 1.08 bits per heavy atom. The number of nitrogens with zero attached hydrogens (tertiary/aromatic N) is 2. The zero-order chi connectivity index (χ0) is 25.7. The summed E-state index contributed by atoms with van der Waals surface area (Å²) in [4.78, 5) is 30.0. The summed E-state index contributed by atoms with van der Waals surface area (Å²) < 4.78 is 10.3. The van der Waals surface area contributed by atoms with E-state index in [1.807, 2.05) is 47.8 Å². The Bertz CT molecular complexity index is 1510. The molecule has 7 nitrogen and oxygen atoms in total. The van der Waals surface area contributed by atoms with Crippen molar-refractivity contribution in [3.8, 4) is 17.3 Å². The van der Waals surface area contributed by atoms with Crippen LogP contribution in [0, 0.1) is 18.3 Å². The number of thiazole rings is 1. The van der Waals surface area contributed by atoms with Crippen molar-refractivity contribution in [3.05, 3.63) is 75.1 Å². The first kappa shape index (κ1) is 25.1. The molecule has 0 spiro atoms. The molecule has 9 heteroatoms. The fraction of sp³-hybridized carbons (Fsp3) is 0.185. The molecule has 0 saturated heterocycles. The minimum absolute atomic E-state index is 0.192. The van der Waals surface area contributed by atoms with E-state index in [-0.39, 0.29) is 18.8 Å². The van der Waals surface area contributed by atoms with E-state index in [0.717, 1.165) is 33.4 Å². The van der Waals surface area contributed by atoms with Crippen LogP contribution in [-0.2, 0) is 9.47 Å². The van der Waals surface area contributed by atoms with Crippen molar-refractivity contribution in [2.45, 2.75) is 20.8 Å². The van der Waals surface area contributed by atoms with Gasteiger partial charge in [0.2, 0.25) is 0 Å². The summed E-state index contributed by atoms with van der Waals surface area (Å²) in [6.07, 6.45) is 1.49. The van der Waals surface area contributed by atoms with E-state index in [0.29, 0.717) is 26.0 Å². The number of allylic oxidation sites excluding steroid dienone is 1. The van der Waals surface area contributed by atoms with E-state index in [4.69, 9.17) is 14.5 Å². The summed E-state index contributed by atoms with van der Waals surface area (Å²) in [6.45, 7) is 5.51. The number of benzene rings is 2. The van der Waals surface area contributed by atoms with Crippen LogP contribution in [0.5, 0.6) is 0 Å². The van der Waals surface area contributed by atoms with Crippen LogP contribution < -0.4 is 5.32 Å². The molecule has 0 atom stereocenters. The van der Waals surface area contributed by atoms with Crippen molar-refractivity contribution in [2.24, 2.45) is 0 Å². The highest BCUT2D eigenvalue weighted by molar-refractivity contribution is 7.18. The molecule has 0 unspecified atom stereocenters. The first-order chi connectivity index (χ1) is 17.5. The topological polar surface area (TPSA) is 101 Å². The van der Waals surface area contributed by atoms with Gasteiger partial charge in [-0.05, 0) is 37.1 Å². The third-order valence-electron chi connectivity index (χ3n) is 5.36. The van der Waals surface area contributed by atoms with Crippen molar-refractivity contribution in [3.63, 3.8) is 0 Å². The van der Waals surface area contributed by atoms with Crippen LogP contribution in [0.4, 0.5) is 5.00 Å². The number of ether oxygens (including phenoxy) is 2. The molecule has 2 aromatic carbocycles. The summed E-state index contributed by atoms with van der Waals surface area (Å²) in [6, 6.07) is 16.3. The molecule has 2 aromatic heterocycles. The Hall–Kier alpha value is -4.00. The zero-order valence-corrected chi connectivity index (χ0v) is 21.6. The third-order valence-corrected chi connectivity index (χ3v) is 7.43. The van der Waals surface area contributed by atoms with Gasteiger partial charge in [-0.15, -0.1) is 22.7 Å². The minimum Gasteiger partial charge on any atom is -0.462 e. The number of hydrogen-bond acceptors (Lipinski definition) is 9. The Morgan fingerprint density at radius 2 is 1.81 bits per heavy atom. The first-order valence-corrected chi connectivity index (χ1v) is 13.0. The van der Waals surface area contributed by atoms with Gasteiger partial charge in [-0.1, -0.05) is 42.5 Å². The minimum atomic E-state index is -0.552. The average Bonchev–Trinajstić information content (AvgIpc) is 3.49. The second-order valence-corrected chi connectivity index (χ2v) is 9.46. The lowest BCUT2D eigenvalue weighted by atomic mass is 10.0. The summed E-state index contributed by atoms with van der Waals surface area (Å²) in [5.41, 5.74) is 2.77. The predicted molar refractivity (Wildman–Crippen MR) is 143 cm³/mol. The smallest absolute Gasteiger partial charge is 0.348 e. The average molecular weight is 518 g/mol. The van der Waals surface area contributed by atoms with Gasteiger partial charge in [0.05, 0.1) is 24.5 Å². The van der Waals surface area contributed by atoms with Gasteiger partial charge in [-0.2, -0.15) is 5.26 Å². The van der Waals surface area contributed by atoms with Crippen LogP contribution in [0.15, 0.2) is 54.0 Å². The molecule has 0 aliphatic carbocycles. The molecule has 0 amide bonds. The number of rotatable bonds is 8. The van der Waals surface area contributed by atoms with Gasteiger partial charge >= 0.3 is 11.9 Å². The fourth-order valence-corrected chi connectivity index (χ4v) is 5.55. The predicted octanol–water partition coefficient (Wildman–Crippen LogP) is 6.66. The fourth-order valence-electron chi connectivity index (χ4n) is 3.71. The van der Waals surface area contributed by atoms with Gasteiger partial charge in [0.25, 0.3) is 0 Å². The van der Waals surface area contributed by atoms with Crippen molar-refractivity contribution in [2.75, 3.05) is 18.5 Å². The standard InChI is InChI=1S/C27H23N3O4S2/c1-4-33-26(31)22-16(3)23(27(32)34-5-2)36-25(22)29-14-18(13-28)24-30-21(15-35-24)20-12-8-10-17-9-6-7-11-19(17)20/h6-12,14-15,29H,4-5H2,1-3H3/b18-14+. The van der Waals surface area contributed by atoms with Gasteiger partial charge in [0.1, 0.15) is 26.5 Å². The van der Waals surface area contributed by atoms with Crippen molar-refractivity contribution in [1.82, 2.24) is 4.98 Å². The van der Waals surface area contributed by atoms with Gasteiger partial charge in [0.15, 0.2) is 0 Å². The maximum atomic E-state index is 12.6. The number of esters is 2. The molecule has 0 aliphatic rings. The lowest BCUT2D eigenvalue weighted by Crippen LogP contribution is -2.09. The molecule has 4 rings (SSSR count). The monoisotopic (exact) mass is 517 g/mol. The third kappa shape index (κ3) is 5.00. The van der Waals surface area contributed by atoms with Crippen LogP contribution in [0.1, 0.15) is 44.4 Å². The number of fused-ring (bicyclic) bond motifs is 1. The van der Waals surface area contributed by atoms with Crippen molar-refractivity contribution in [1.29, 1.82) is 5.26 Å². The van der Waals surface area contributed by atoms with Crippen LogP contribution in [0.2, 0.25) is 0 Å². The van der Waals surface area contributed by atoms with Crippen LogP contribution in [0.25, 0.3) is 27.6 Å². The molecule has 2 heterocycles. The molecule has 36 heavy (non-hydrogen) atoms. The quantitative estimate of drug-likeness (QED) is 0.206. The molecule has 0 aliphatic heterocycles. The molecule has 0 bridgehead atoms. The zero-order valence-electron chi connectivity index (χ0n) is 20.0. The summed E-state index contributed by atoms with van der Waals surface area (Å²) >= 11 is 2.44. The van der Waals surface area contributed by atoms with E-state index in [1.165, 1.54) is 17.5 Å². The second-order valence-electron chi connectivity index (χ2n) is 7.58. The largest absolute Gasteiger partial charge is 0.462 e. The van der Waals surface area contributed by atoms with E-state index < -0.39 is 11.9 Å². The van der Waals surface area contributed by atoms with Gasteiger partial charge in [-0.3, -0.25) is 0 Å². The number of nitriles is 1. The van der Waals surface area contributed by atoms with Crippen LogP contribution in [-0.4, -0.2) is 30.1 Å². The molecule has 4 aromatic rings. The van der Waals surface area contributed by atoms with Gasteiger partial charge in [0, 0.05) is 17.1 Å². The Morgan fingerprint density at radius 3 is 2.56 bits per heavy atom. The highest BCUT2D eigenvalue weighted by atomic mass is 32.1. The molecular formula is C27H23N3O4S2. The highest BCUT2D eigenvalue weighted by Crippen LogP contribution is 2.35. The molecule has 0 fully saturated rings. The summed E-state index contributed by atoms with van der Waals surface area (Å²) in [5.74, 6) is -1.06. The number of hydrogen-bond donors (Lipinski definition) is 1. The lowest BCUT2D eigenvalue weighted by molar-refractivity contribution is 0.0527. The molecular weight excluding hydrogens is 494 g/mol. The Kier molecular flexibility index (Phi) is 7.78. The normalized spacial score (nSPS) is 11.2. The van der Waals surface area contributed by atoms with E-state index in [2.05, 4.69) is 11.4 Å². The SMILES string of the molecule is CCOC(=O)c1sc(N/C=C(\C#N)c2nc(-c3cccc4ccccc34)cs2)c(C(=O)OCC)c1C. The molecule has 0 radical (unpaired) electrons. The number of aromatic nitrogens is 1. The second kappa shape index (κ2) is 11.2. The summed E-state index contributed by atoms with van der Waals surface area (Å²) in [7, 11) is 0. The van der Waals surface area contributed by atoms with Gasteiger partial charge < -0.3 is 14.8 Å². The number of carbonyl (C=O) groups excluding carboxylic acids is 2. The Balaban J connectivity index is 1.67. The molecule has 182 valence electrons. The van der Waals surface area contributed by atoms with Crippen molar-refractivity contribution < 1.29 is 19.1 Å². The highest BCUT2D eigenvalue weighted by Gasteiger charge is 2.26. The number of carbonyl (C=O) groups is 2. The van der Waals surface area contributed by atoms with E-state index >= 15 is 0 Å². The molecule has 1 N–H and O–H groups in total. The van der Waals surface area contributed by atoms with Crippen LogP contribution >= 0.6 is 22.7 Å². The molecule has 0 saturated carbocycles. The number of anilines is 1. The number of thiophene rings is 1. The van der Waals surface area contributed by atoms with E-state index in [9.17, 15) is 14.9 Å². The maximum absolute atomic E-state index is 12.6. The van der Waals surface area contributed by atoms with Crippen molar-refractivity contribution >= 4 is 56.0 Å². The van der Waals surface area contributed by atoms with Crippen LogP contribution in [0.3, 0.4) is 0 Å². The first-order valence-electron chi connectivity index (χ1n) is 11.3. The maximum Gasteiger partial charge on any atom is 0.348 e. The summed E-state index contributed by atoms with van der Waals surface area (Å²) in [5, 5.41) is 17.9.